The lowest BCUT2D eigenvalue weighted by atomic mass is 10.9. The number of nitrogens with one attached hydrogen (secondary N) is 1. The van der Waals surface area contributed by atoms with Crippen LogP contribution >= 0.6 is 0 Å². The van der Waals surface area contributed by atoms with Gasteiger partial charge in [-0.1, -0.05) is 0 Å². The van der Waals surface area contributed by atoms with Crippen molar-refractivity contribution in [1.29, 1.82) is 0 Å². The third-order valence-corrected chi connectivity index (χ3v) is 1.09. The first-order valence-corrected chi connectivity index (χ1v) is 3.11. The summed E-state index contributed by atoms with van der Waals surface area (Å²) in [6.07, 6.45) is 0. The summed E-state index contributed by atoms with van der Waals surface area (Å²) in [5.74, 6) is 5.28. The van der Waals surface area contributed by atoms with Crippen LogP contribution in [0.2, 0.25) is 0 Å². The van der Waals surface area contributed by atoms with E-state index in [0.717, 1.165) is 0 Å². The smallest absolute Gasteiger partial charge is 0.324 e. The Kier molecular flexibility index (Phi) is 2.59. The number of hydrogen-bond donors (Lipinski definition) is 2. The standard InChI is InChI=1S/C5H9N5O2/c1-11-4-7-3(10-6)8-5(9-4)12-2/h6H2,1-2H3,(H,7,8,9,10). The molecule has 0 aliphatic rings. The minimum Gasteiger partial charge on any atom is -0.467 e. The van der Waals surface area contributed by atoms with E-state index in [0.29, 0.717) is 0 Å². The van der Waals surface area contributed by atoms with Gasteiger partial charge in [0.15, 0.2) is 0 Å². The van der Waals surface area contributed by atoms with Crippen LogP contribution in [0.25, 0.3) is 0 Å². The molecule has 0 saturated heterocycles. The van der Waals surface area contributed by atoms with Crippen molar-refractivity contribution in [1.82, 2.24) is 15.0 Å². The summed E-state index contributed by atoms with van der Waals surface area (Å²) >= 11 is 0. The molecule has 7 nitrogen and oxygen atoms in total. The van der Waals surface area contributed by atoms with E-state index in [4.69, 9.17) is 15.3 Å². The van der Waals surface area contributed by atoms with Gasteiger partial charge >= 0.3 is 12.0 Å². The maximum atomic E-state index is 5.08. The van der Waals surface area contributed by atoms with Crippen molar-refractivity contribution >= 4 is 5.95 Å². The summed E-state index contributed by atoms with van der Waals surface area (Å²) in [4.78, 5) is 11.3. The Labute approximate surface area is 68.9 Å². The fraction of sp³-hybridized carbons (Fsp3) is 0.400. The van der Waals surface area contributed by atoms with Gasteiger partial charge < -0.3 is 9.47 Å². The average Bonchev–Trinajstić information content (AvgIpc) is 2.16. The van der Waals surface area contributed by atoms with Gasteiger partial charge in [-0.05, 0) is 0 Å². The van der Waals surface area contributed by atoms with Crippen LogP contribution in [0.15, 0.2) is 0 Å². The zero-order valence-electron chi connectivity index (χ0n) is 6.74. The number of aromatic nitrogens is 3. The van der Waals surface area contributed by atoms with Crippen molar-refractivity contribution in [3.05, 3.63) is 0 Å². The second-order valence-electron chi connectivity index (χ2n) is 1.78. The number of methoxy groups -OCH3 is 2. The molecule has 0 fully saturated rings. The highest BCUT2D eigenvalue weighted by atomic mass is 16.5. The molecule has 0 saturated carbocycles. The van der Waals surface area contributed by atoms with Crippen LogP contribution in [-0.4, -0.2) is 29.2 Å². The summed E-state index contributed by atoms with van der Waals surface area (Å²) in [6, 6.07) is 0.296. The van der Waals surface area contributed by atoms with E-state index in [9.17, 15) is 0 Å². The third-order valence-electron chi connectivity index (χ3n) is 1.09. The Morgan fingerprint density at radius 2 is 1.58 bits per heavy atom. The molecule has 7 heteroatoms. The lowest BCUT2D eigenvalue weighted by molar-refractivity contribution is 0.341. The summed E-state index contributed by atoms with van der Waals surface area (Å²) in [5.41, 5.74) is 2.25. The minimum atomic E-state index is 0.148. The van der Waals surface area contributed by atoms with Crippen LogP contribution in [0.1, 0.15) is 0 Å². The first kappa shape index (κ1) is 8.47. The molecular formula is C5H9N5O2. The molecular weight excluding hydrogens is 162 g/mol. The van der Waals surface area contributed by atoms with Crippen molar-refractivity contribution in [3.63, 3.8) is 0 Å². The predicted octanol–water partition coefficient (Wildman–Crippen LogP) is -0.826. The van der Waals surface area contributed by atoms with Crippen molar-refractivity contribution in [2.24, 2.45) is 5.84 Å². The zero-order valence-corrected chi connectivity index (χ0v) is 6.74. The fourth-order valence-corrected chi connectivity index (χ4v) is 0.585. The SMILES string of the molecule is COc1nc(NN)nc(OC)n1. The Morgan fingerprint density at radius 3 is 1.92 bits per heavy atom. The van der Waals surface area contributed by atoms with E-state index in [1.54, 1.807) is 0 Å². The highest BCUT2D eigenvalue weighted by molar-refractivity contribution is 5.25. The molecule has 12 heavy (non-hydrogen) atoms. The van der Waals surface area contributed by atoms with E-state index in [2.05, 4.69) is 20.4 Å². The molecule has 1 rings (SSSR count). The number of anilines is 1. The Bertz CT molecular complexity index is 211. The average molecular weight is 171 g/mol. The first-order valence-electron chi connectivity index (χ1n) is 3.11. The largest absolute Gasteiger partial charge is 0.467 e. The highest BCUT2D eigenvalue weighted by Crippen LogP contribution is 2.10. The Hall–Kier alpha value is -1.63. The van der Waals surface area contributed by atoms with E-state index >= 15 is 0 Å². The van der Waals surface area contributed by atoms with Crippen molar-refractivity contribution < 1.29 is 9.47 Å². The molecule has 0 spiro atoms. The van der Waals surface area contributed by atoms with Crippen LogP contribution in [0.5, 0.6) is 12.0 Å². The number of nitrogens with two attached hydrogens (primary N) is 1. The van der Waals surface area contributed by atoms with Crippen molar-refractivity contribution in [3.8, 4) is 12.0 Å². The van der Waals surface area contributed by atoms with Crippen LogP contribution in [0, 0.1) is 0 Å². The van der Waals surface area contributed by atoms with Crippen molar-refractivity contribution in [2.45, 2.75) is 0 Å². The van der Waals surface area contributed by atoms with Crippen LogP contribution in [-0.2, 0) is 0 Å². The van der Waals surface area contributed by atoms with Crippen LogP contribution in [0.4, 0.5) is 5.95 Å². The third kappa shape index (κ3) is 1.70. The Balaban J connectivity index is 3.01. The van der Waals surface area contributed by atoms with Crippen molar-refractivity contribution in [2.75, 3.05) is 19.6 Å². The Morgan fingerprint density at radius 1 is 1.08 bits per heavy atom. The van der Waals surface area contributed by atoms with E-state index in [1.165, 1.54) is 14.2 Å². The van der Waals surface area contributed by atoms with E-state index < -0.39 is 0 Å². The van der Waals surface area contributed by atoms with Crippen LogP contribution in [0.3, 0.4) is 0 Å². The molecule has 0 atom stereocenters. The van der Waals surface area contributed by atoms with Gasteiger partial charge in [0.05, 0.1) is 14.2 Å². The molecule has 1 aromatic heterocycles. The monoisotopic (exact) mass is 171 g/mol. The maximum absolute atomic E-state index is 5.08. The quantitative estimate of drug-likeness (QED) is 0.452. The number of nitrogen functional groups attached to an aromatic ring is 1. The molecule has 1 heterocycles. The van der Waals surface area contributed by atoms with Gasteiger partial charge in [-0.3, -0.25) is 5.43 Å². The lowest BCUT2D eigenvalue weighted by Crippen LogP contribution is -2.12. The summed E-state index contributed by atoms with van der Waals surface area (Å²) in [5, 5.41) is 0. The molecule has 0 aromatic carbocycles. The van der Waals surface area contributed by atoms with Gasteiger partial charge in [-0.2, -0.15) is 9.97 Å². The van der Waals surface area contributed by atoms with E-state index in [-0.39, 0.29) is 18.0 Å². The molecule has 0 aliphatic heterocycles. The molecule has 3 N–H and O–H groups in total. The van der Waals surface area contributed by atoms with Gasteiger partial charge in [0.2, 0.25) is 5.95 Å². The maximum Gasteiger partial charge on any atom is 0.324 e. The van der Waals surface area contributed by atoms with Gasteiger partial charge in [0, 0.05) is 0 Å². The summed E-state index contributed by atoms with van der Waals surface area (Å²) in [7, 11) is 2.88. The molecule has 1 aromatic rings. The molecule has 0 aliphatic carbocycles. The van der Waals surface area contributed by atoms with Gasteiger partial charge in [-0.25, -0.2) is 5.84 Å². The number of nitrogens with zero attached hydrogens (tertiary/aromatic N) is 3. The number of rotatable bonds is 3. The number of hydrogen-bond acceptors (Lipinski definition) is 7. The summed E-state index contributed by atoms with van der Waals surface area (Å²) < 4.78 is 9.52. The van der Waals surface area contributed by atoms with Gasteiger partial charge in [-0.15, -0.1) is 4.98 Å². The second kappa shape index (κ2) is 3.67. The van der Waals surface area contributed by atoms with E-state index in [1.807, 2.05) is 0 Å². The predicted molar refractivity (Wildman–Crippen MR) is 40.7 cm³/mol. The first-order chi connectivity index (χ1) is 5.80. The fourth-order valence-electron chi connectivity index (χ4n) is 0.585. The normalized spacial score (nSPS) is 9.25. The topological polar surface area (TPSA) is 95.2 Å². The molecule has 0 amide bonds. The summed E-state index contributed by atoms with van der Waals surface area (Å²) in [6.45, 7) is 0. The molecule has 0 unspecified atom stereocenters. The molecule has 0 radical (unpaired) electrons. The molecule has 0 bridgehead atoms. The zero-order chi connectivity index (χ0) is 8.97. The minimum absolute atomic E-state index is 0.148. The van der Waals surface area contributed by atoms with Crippen LogP contribution < -0.4 is 20.7 Å². The number of hydrazine groups is 1. The van der Waals surface area contributed by atoms with Gasteiger partial charge in [0.1, 0.15) is 0 Å². The second-order valence-corrected chi connectivity index (χ2v) is 1.78. The highest BCUT2D eigenvalue weighted by Gasteiger charge is 2.04. The molecule has 66 valence electrons. The van der Waals surface area contributed by atoms with Gasteiger partial charge in [0.25, 0.3) is 0 Å². The number of ether oxygens (including phenoxy) is 2. The lowest BCUT2D eigenvalue weighted by Gasteiger charge is -2.02.